The number of aromatic nitrogens is 2. The number of carbonyl (C=O) groups is 1. The Morgan fingerprint density at radius 3 is 2.69 bits per heavy atom. The van der Waals surface area contributed by atoms with Crippen molar-refractivity contribution in [1.29, 1.82) is 0 Å². The van der Waals surface area contributed by atoms with E-state index in [1.54, 1.807) is 17.5 Å². The van der Waals surface area contributed by atoms with Crippen molar-refractivity contribution in [1.82, 2.24) is 14.5 Å². The average molecular weight is 351 g/mol. The van der Waals surface area contributed by atoms with E-state index in [-0.39, 0.29) is 11.5 Å². The summed E-state index contributed by atoms with van der Waals surface area (Å²) in [6.07, 6.45) is 4.89. The van der Waals surface area contributed by atoms with Gasteiger partial charge in [-0.15, -0.1) is 5.10 Å². The number of allylic oxidation sites excluding steroid dienone is 3. The lowest BCUT2D eigenvalue weighted by molar-refractivity contribution is -0.111. The monoisotopic (exact) mass is 351 g/mol. The zero-order valence-corrected chi connectivity index (χ0v) is 14.9. The van der Waals surface area contributed by atoms with Gasteiger partial charge in [0.15, 0.2) is 11.6 Å². The lowest BCUT2D eigenvalue weighted by Crippen LogP contribution is -2.44. The molecule has 1 aliphatic carbocycles. The van der Waals surface area contributed by atoms with Crippen molar-refractivity contribution in [3.05, 3.63) is 47.9 Å². The lowest BCUT2D eigenvalue weighted by atomic mass is 10.0. The molecule has 0 unspecified atom stereocenters. The molecular formula is C19H21N5O2. The number of hydrogen-bond donors (Lipinski definition) is 1. The molecule has 0 spiro atoms. The van der Waals surface area contributed by atoms with Crippen molar-refractivity contribution < 1.29 is 9.90 Å². The highest BCUT2D eigenvalue weighted by Gasteiger charge is 2.24. The van der Waals surface area contributed by atoms with Crippen molar-refractivity contribution in [2.45, 2.75) is 6.92 Å². The number of aliphatic hydroxyl groups excluding tert-OH is 1. The van der Waals surface area contributed by atoms with Crippen LogP contribution in [0.1, 0.15) is 6.92 Å². The van der Waals surface area contributed by atoms with Crippen LogP contribution in [0.2, 0.25) is 0 Å². The largest absolute Gasteiger partial charge is 0.505 e. The van der Waals surface area contributed by atoms with Crippen LogP contribution in [0, 0.1) is 0 Å². The minimum absolute atomic E-state index is 0.0721. The number of fused-ring (bicyclic) bond motifs is 1. The molecule has 26 heavy (non-hydrogen) atoms. The van der Waals surface area contributed by atoms with Gasteiger partial charge in [-0.2, -0.15) is 0 Å². The van der Waals surface area contributed by atoms with Gasteiger partial charge in [0.05, 0.1) is 5.52 Å². The Balaban J connectivity index is 1.83. The van der Waals surface area contributed by atoms with E-state index >= 15 is 0 Å². The van der Waals surface area contributed by atoms with Gasteiger partial charge < -0.3 is 14.9 Å². The first kappa shape index (κ1) is 16.5. The highest BCUT2D eigenvalue weighted by Crippen LogP contribution is 2.34. The number of pyridine rings is 1. The second-order valence-electron chi connectivity index (χ2n) is 6.66. The van der Waals surface area contributed by atoms with Gasteiger partial charge in [0.25, 0.3) is 0 Å². The topological polar surface area (TPSA) is 73.4 Å². The summed E-state index contributed by atoms with van der Waals surface area (Å²) in [6, 6.07) is 5.82. The number of hydrogen-bond acceptors (Lipinski definition) is 6. The van der Waals surface area contributed by atoms with E-state index in [0.717, 1.165) is 37.5 Å². The normalized spacial score (nSPS) is 20.6. The van der Waals surface area contributed by atoms with Gasteiger partial charge >= 0.3 is 0 Å². The average Bonchev–Trinajstić information content (AvgIpc) is 3.01. The molecule has 2 aromatic heterocycles. The van der Waals surface area contributed by atoms with Gasteiger partial charge in [0.2, 0.25) is 0 Å². The maximum absolute atomic E-state index is 11.7. The van der Waals surface area contributed by atoms with Crippen LogP contribution >= 0.6 is 0 Å². The van der Waals surface area contributed by atoms with Gasteiger partial charge in [0.1, 0.15) is 17.2 Å². The smallest absolute Gasteiger partial charge is 0.185 e. The Kier molecular flexibility index (Phi) is 4.08. The molecule has 1 N–H and O–H groups in total. The molecule has 3 heterocycles. The van der Waals surface area contributed by atoms with Gasteiger partial charge in [-0.3, -0.25) is 4.79 Å². The molecule has 0 radical (unpaired) electrons. The first-order valence-electron chi connectivity index (χ1n) is 8.67. The zero-order chi connectivity index (χ0) is 18.3. The van der Waals surface area contributed by atoms with Crippen LogP contribution in [0.4, 0.5) is 11.5 Å². The van der Waals surface area contributed by atoms with Crippen molar-refractivity contribution in [3.8, 4) is 0 Å². The Hall–Kier alpha value is -2.93. The molecular weight excluding hydrogens is 330 g/mol. The van der Waals surface area contributed by atoms with E-state index < -0.39 is 0 Å². The van der Waals surface area contributed by atoms with Crippen LogP contribution < -0.4 is 4.90 Å². The highest BCUT2D eigenvalue weighted by molar-refractivity contribution is 6.21. The fourth-order valence-corrected chi connectivity index (χ4v) is 3.19. The third-order valence-electron chi connectivity index (χ3n) is 4.89. The fraction of sp³-hybridized carbons (Fsp3) is 0.316. The number of aliphatic hydroxyl groups is 1. The summed E-state index contributed by atoms with van der Waals surface area (Å²) in [7, 11) is 2.11. The van der Waals surface area contributed by atoms with E-state index in [9.17, 15) is 9.90 Å². The van der Waals surface area contributed by atoms with Crippen molar-refractivity contribution in [3.63, 3.8) is 0 Å². The van der Waals surface area contributed by atoms with Crippen LogP contribution in [-0.2, 0) is 4.79 Å². The van der Waals surface area contributed by atoms with E-state index in [1.807, 2.05) is 24.4 Å². The molecule has 2 aromatic rings. The van der Waals surface area contributed by atoms with Gasteiger partial charge in [0, 0.05) is 37.9 Å². The second kappa shape index (κ2) is 6.42. The number of aliphatic imine (C=N–C) groups is 1. The Bertz CT molecular complexity index is 961. The van der Waals surface area contributed by atoms with Crippen molar-refractivity contribution >= 4 is 28.5 Å². The summed E-state index contributed by atoms with van der Waals surface area (Å²) in [5.41, 5.74) is 2.27. The fourth-order valence-electron chi connectivity index (χ4n) is 3.19. The first-order chi connectivity index (χ1) is 12.5. The lowest BCUT2D eigenvalue weighted by Gasteiger charge is -2.32. The maximum atomic E-state index is 11.7. The third kappa shape index (κ3) is 2.80. The summed E-state index contributed by atoms with van der Waals surface area (Å²) >= 11 is 0. The quantitative estimate of drug-likeness (QED) is 0.839. The second-order valence-corrected chi connectivity index (χ2v) is 6.66. The predicted molar refractivity (Wildman–Crippen MR) is 101 cm³/mol. The zero-order valence-electron chi connectivity index (χ0n) is 14.9. The van der Waals surface area contributed by atoms with Crippen LogP contribution in [0.25, 0.3) is 5.52 Å². The molecule has 1 saturated heterocycles. The van der Waals surface area contributed by atoms with Crippen LogP contribution in [-0.4, -0.2) is 64.3 Å². The number of carbonyl (C=O) groups excluding carboxylic acids is 1. The standard InChI is InChI=1S/C19H21N5O2/c1-13-16(25)7-6-14(18(13)26)20-17-15-5-3-4-8-24(15)21-19(17)23-11-9-22(2)10-12-23/h3-8,26H,9-12H2,1-2H3/b20-14+. The van der Waals surface area contributed by atoms with Crippen LogP contribution in [0.5, 0.6) is 0 Å². The maximum Gasteiger partial charge on any atom is 0.185 e. The summed E-state index contributed by atoms with van der Waals surface area (Å²) in [6.45, 7) is 5.26. The number of piperazine rings is 1. The minimum atomic E-state index is -0.194. The number of rotatable bonds is 2. The minimum Gasteiger partial charge on any atom is -0.505 e. The van der Waals surface area contributed by atoms with E-state index in [1.165, 1.54) is 6.08 Å². The highest BCUT2D eigenvalue weighted by atomic mass is 16.3. The Morgan fingerprint density at radius 2 is 1.92 bits per heavy atom. The molecule has 0 aromatic carbocycles. The molecule has 7 heteroatoms. The summed E-state index contributed by atoms with van der Waals surface area (Å²) in [4.78, 5) is 20.9. The molecule has 1 aliphatic heterocycles. The predicted octanol–water partition coefficient (Wildman–Crippen LogP) is 2.13. The third-order valence-corrected chi connectivity index (χ3v) is 4.89. The Morgan fingerprint density at radius 1 is 1.15 bits per heavy atom. The molecule has 134 valence electrons. The number of ketones is 1. The first-order valence-corrected chi connectivity index (χ1v) is 8.67. The molecule has 1 fully saturated rings. The SMILES string of the molecule is CC1=C(O)/C(=N/c2c(N3CCN(C)CC3)nn3ccccc23)C=CC1=O. The molecule has 7 nitrogen and oxygen atoms in total. The number of nitrogens with zero attached hydrogens (tertiary/aromatic N) is 5. The summed E-state index contributed by atoms with van der Waals surface area (Å²) < 4.78 is 1.80. The number of likely N-dealkylation sites (N-methyl/N-ethyl adjacent to an activating group) is 1. The van der Waals surface area contributed by atoms with Crippen molar-refractivity contribution in [2.24, 2.45) is 4.99 Å². The number of anilines is 1. The van der Waals surface area contributed by atoms with E-state index in [4.69, 9.17) is 10.1 Å². The van der Waals surface area contributed by atoms with Gasteiger partial charge in [-0.05, 0) is 38.3 Å². The van der Waals surface area contributed by atoms with Gasteiger partial charge in [-0.25, -0.2) is 9.51 Å². The van der Waals surface area contributed by atoms with E-state index in [0.29, 0.717) is 17.0 Å². The molecule has 0 amide bonds. The Labute approximate surface area is 151 Å². The molecule has 4 rings (SSSR count). The molecule has 2 aliphatic rings. The molecule has 0 atom stereocenters. The van der Waals surface area contributed by atoms with Crippen LogP contribution in [0.15, 0.2) is 52.9 Å². The summed E-state index contributed by atoms with van der Waals surface area (Å²) in [5.74, 6) is 0.533. The molecule has 0 saturated carbocycles. The van der Waals surface area contributed by atoms with Crippen LogP contribution in [0.3, 0.4) is 0 Å². The molecule has 0 bridgehead atoms. The van der Waals surface area contributed by atoms with Crippen molar-refractivity contribution in [2.75, 3.05) is 38.1 Å². The van der Waals surface area contributed by atoms with Gasteiger partial charge in [-0.1, -0.05) is 6.07 Å². The summed E-state index contributed by atoms with van der Waals surface area (Å²) in [5, 5.41) is 15.1. The van der Waals surface area contributed by atoms with E-state index in [2.05, 4.69) is 16.8 Å².